The molecule has 0 N–H and O–H groups in total. The van der Waals surface area contributed by atoms with Crippen LogP contribution in [0.25, 0.3) is 0 Å². The van der Waals surface area contributed by atoms with Crippen molar-refractivity contribution >= 4 is 35.6 Å². The van der Waals surface area contributed by atoms with Gasteiger partial charge in [0.25, 0.3) is 0 Å². The first kappa shape index (κ1) is 13.7. The number of hydrogen-bond acceptors (Lipinski definition) is 4. The maximum atomic E-state index is 5.96. The van der Waals surface area contributed by atoms with Crippen LogP contribution in [-0.2, 0) is 12.2 Å². The lowest BCUT2D eigenvalue weighted by Gasteiger charge is -2.06. The third-order valence-electron chi connectivity index (χ3n) is 2.47. The van der Waals surface area contributed by atoms with E-state index < -0.39 is 0 Å². The zero-order valence-corrected chi connectivity index (χ0v) is 12.5. The number of halogens is 1. The summed E-state index contributed by atoms with van der Waals surface area (Å²) in [5, 5.41) is 1.85. The summed E-state index contributed by atoms with van der Waals surface area (Å²) in [4.78, 5) is 5.51. The van der Waals surface area contributed by atoms with Crippen molar-refractivity contribution in [1.82, 2.24) is 4.98 Å². The summed E-state index contributed by atoms with van der Waals surface area (Å²) in [6, 6.07) is 5.69. The van der Waals surface area contributed by atoms with E-state index in [1.807, 2.05) is 31.3 Å². The van der Waals surface area contributed by atoms with Crippen LogP contribution in [0.5, 0.6) is 5.75 Å². The zero-order chi connectivity index (χ0) is 13.0. The minimum atomic E-state index is 0.626. The largest absolute Gasteiger partial charge is 0.493 e. The fourth-order valence-corrected chi connectivity index (χ4v) is 2.66. The van der Waals surface area contributed by atoms with Gasteiger partial charge in [0.2, 0.25) is 0 Å². The Kier molecular flexibility index (Phi) is 4.92. The van der Waals surface area contributed by atoms with Gasteiger partial charge in [-0.1, -0.05) is 11.6 Å². The molecule has 0 saturated carbocycles. The molecule has 1 heterocycles. The molecular weight excluding hydrogens is 286 g/mol. The number of hydrogen-bond donors (Lipinski definition) is 1. The second-order valence-corrected chi connectivity index (χ2v) is 5.81. The molecule has 2 aromatic rings. The molecule has 96 valence electrons. The topological polar surface area (TPSA) is 22.1 Å². The van der Waals surface area contributed by atoms with Gasteiger partial charge in [0, 0.05) is 28.3 Å². The molecule has 0 aliphatic rings. The number of benzene rings is 1. The lowest BCUT2D eigenvalue weighted by atomic mass is 10.2. The summed E-state index contributed by atoms with van der Waals surface area (Å²) in [6.07, 6.45) is 2.69. The summed E-state index contributed by atoms with van der Waals surface area (Å²) in [5.74, 6) is 1.59. The van der Waals surface area contributed by atoms with Gasteiger partial charge in [-0.3, -0.25) is 0 Å². The number of thiazole rings is 1. The van der Waals surface area contributed by atoms with Crippen LogP contribution < -0.4 is 4.74 Å². The van der Waals surface area contributed by atoms with Crippen LogP contribution in [0, 0.1) is 6.92 Å². The van der Waals surface area contributed by atoms with Crippen molar-refractivity contribution in [2.24, 2.45) is 0 Å². The van der Waals surface area contributed by atoms with Gasteiger partial charge in [-0.15, -0.1) is 11.3 Å². The first-order valence-corrected chi connectivity index (χ1v) is 7.45. The Morgan fingerprint density at radius 1 is 1.44 bits per heavy atom. The number of ether oxygens (including phenoxy) is 1. The first-order valence-electron chi connectivity index (χ1n) is 5.62. The normalized spacial score (nSPS) is 10.6. The predicted molar refractivity (Wildman–Crippen MR) is 80.2 cm³/mol. The van der Waals surface area contributed by atoms with E-state index in [4.69, 9.17) is 16.3 Å². The second-order valence-electron chi connectivity index (χ2n) is 3.89. The number of aryl methyl sites for hydroxylation is 1. The smallest absolute Gasteiger partial charge is 0.119 e. The van der Waals surface area contributed by atoms with E-state index in [0.29, 0.717) is 6.61 Å². The molecule has 5 heteroatoms. The van der Waals surface area contributed by atoms with Crippen LogP contribution in [0.1, 0.15) is 15.4 Å². The van der Waals surface area contributed by atoms with Crippen LogP contribution in [0.4, 0.5) is 0 Å². The molecule has 0 aliphatic heterocycles. The molecule has 0 aliphatic carbocycles. The minimum Gasteiger partial charge on any atom is -0.493 e. The minimum absolute atomic E-state index is 0.626. The third-order valence-corrected chi connectivity index (χ3v) is 4.51. The highest BCUT2D eigenvalue weighted by Gasteiger charge is 2.02. The third kappa shape index (κ3) is 3.64. The molecule has 2 rings (SSSR count). The van der Waals surface area contributed by atoms with Gasteiger partial charge >= 0.3 is 0 Å². The average molecular weight is 300 g/mol. The van der Waals surface area contributed by atoms with Crippen LogP contribution in [0.3, 0.4) is 0 Å². The number of rotatable bonds is 5. The summed E-state index contributed by atoms with van der Waals surface area (Å²) < 4.78 is 5.68. The van der Waals surface area contributed by atoms with E-state index in [9.17, 15) is 0 Å². The van der Waals surface area contributed by atoms with Crippen LogP contribution in [-0.4, -0.2) is 11.6 Å². The molecule has 0 fully saturated rings. The highest BCUT2D eigenvalue weighted by atomic mass is 35.5. The molecule has 1 aromatic heterocycles. The monoisotopic (exact) mass is 299 g/mol. The van der Waals surface area contributed by atoms with E-state index in [1.165, 1.54) is 4.88 Å². The summed E-state index contributed by atoms with van der Waals surface area (Å²) in [7, 11) is 0. The molecule has 0 unspecified atom stereocenters. The average Bonchev–Trinajstić information content (AvgIpc) is 2.82. The molecule has 0 bridgehead atoms. The summed E-state index contributed by atoms with van der Waals surface area (Å²) in [6.45, 7) is 2.59. The molecule has 2 nitrogen and oxygen atoms in total. The highest BCUT2D eigenvalue weighted by molar-refractivity contribution is 7.79. The van der Waals surface area contributed by atoms with Gasteiger partial charge in [-0.05, 0) is 30.7 Å². The SMILES string of the molecule is Cc1cc(OCCc2ncc(CS)s2)ccc1Cl. The maximum absolute atomic E-state index is 5.96. The van der Waals surface area contributed by atoms with E-state index in [0.717, 1.165) is 33.5 Å². The van der Waals surface area contributed by atoms with Crippen molar-refractivity contribution in [2.75, 3.05) is 6.61 Å². The number of nitrogens with zero attached hydrogens (tertiary/aromatic N) is 1. The van der Waals surface area contributed by atoms with Crippen molar-refractivity contribution in [2.45, 2.75) is 19.1 Å². The zero-order valence-electron chi connectivity index (χ0n) is 10.0. The maximum Gasteiger partial charge on any atom is 0.119 e. The van der Waals surface area contributed by atoms with Crippen LogP contribution >= 0.6 is 35.6 Å². The van der Waals surface area contributed by atoms with Gasteiger partial charge in [-0.25, -0.2) is 4.98 Å². The van der Waals surface area contributed by atoms with Gasteiger partial charge < -0.3 is 4.74 Å². The standard InChI is InChI=1S/C13H14ClNOS2/c1-9-6-10(2-3-12(9)14)16-5-4-13-15-7-11(8-17)18-13/h2-3,6-7,17H,4-5,8H2,1H3. The van der Waals surface area contributed by atoms with Crippen molar-refractivity contribution in [3.05, 3.63) is 44.9 Å². The van der Waals surface area contributed by atoms with Gasteiger partial charge in [0.05, 0.1) is 11.6 Å². The molecule has 1 aromatic carbocycles. The van der Waals surface area contributed by atoms with Crippen molar-refractivity contribution in [1.29, 1.82) is 0 Å². The molecular formula is C13H14ClNOS2. The van der Waals surface area contributed by atoms with E-state index >= 15 is 0 Å². The summed E-state index contributed by atoms with van der Waals surface area (Å²) >= 11 is 11.9. The van der Waals surface area contributed by atoms with E-state index in [-0.39, 0.29) is 0 Å². The van der Waals surface area contributed by atoms with E-state index in [2.05, 4.69) is 17.6 Å². The quantitative estimate of drug-likeness (QED) is 0.838. The Morgan fingerprint density at radius 3 is 2.94 bits per heavy atom. The van der Waals surface area contributed by atoms with Gasteiger partial charge in [0.1, 0.15) is 5.75 Å². The Bertz CT molecular complexity index is 527. The Morgan fingerprint density at radius 2 is 2.28 bits per heavy atom. The molecule has 0 radical (unpaired) electrons. The lowest BCUT2D eigenvalue weighted by molar-refractivity contribution is 0.321. The lowest BCUT2D eigenvalue weighted by Crippen LogP contribution is -2.01. The van der Waals surface area contributed by atoms with Crippen LogP contribution in [0.15, 0.2) is 24.4 Å². The molecule has 0 amide bonds. The highest BCUT2D eigenvalue weighted by Crippen LogP contribution is 2.21. The molecule has 0 spiro atoms. The Labute approximate surface area is 121 Å². The van der Waals surface area contributed by atoms with Crippen molar-refractivity contribution in [3.63, 3.8) is 0 Å². The Hall–Kier alpha value is -0.710. The van der Waals surface area contributed by atoms with Crippen LogP contribution in [0.2, 0.25) is 5.02 Å². The van der Waals surface area contributed by atoms with E-state index in [1.54, 1.807) is 11.3 Å². The molecule has 18 heavy (non-hydrogen) atoms. The van der Waals surface area contributed by atoms with Crippen molar-refractivity contribution < 1.29 is 4.74 Å². The van der Waals surface area contributed by atoms with Crippen molar-refractivity contribution in [3.8, 4) is 5.75 Å². The fraction of sp³-hybridized carbons (Fsp3) is 0.308. The number of thiol groups is 1. The Balaban J connectivity index is 1.86. The summed E-state index contributed by atoms with van der Waals surface area (Å²) in [5.41, 5.74) is 1.03. The molecule has 0 saturated heterocycles. The van der Waals surface area contributed by atoms with Gasteiger partial charge in [-0.2, -0.15) is 12.6 Å². The predicted octanol–water partition coefficient (Wildman–Crippen LogP) is 4.16. The fourth-order valence-electron chi connectivity index (χ4n) is 1.50. The molecule has 0 atom stereocenters. The second kappa shape index (κ2) is 6.45. The number of aromatic nitrogens is 1. The van der Waals surface area contributed by atoms with Gasteiger partial charge in [0.15, 0.2) is 0 Å². The first-order chi connectivity index (χ1) is 8.69.